The number of carbonyl (C=O) groups excluding carboxylic acids is 1. The number of nitriles is 1. The van der Waals surface area contributed by atoms with Gasteiger partial charge in [-0.1, -0.05) is 48.0 Å². The third kappa shape index (κ3) is 3.76. The molecule has 0 saturated heterocycles. The van der Waals surface area contributed by atoms with Gasteiger partial charge < -0.3 is 0 Å². The van der Waals surface area contributed by atoms with Crippen LogP contribution in [0.15, 0.2) is 72.8 Å². The van der Waals surface area contributed by atoms with Crippen LogP contribution in [0.1, 0.15) is 33.0 Å². The van der Waals surface area contributed by atoms with Crippen LogP contribution in [0.5, 0.6) is 0 Å². The molecule has 3 aromatic rings. The number of hydrogen-bond donors (Lipinski definition) is 0. The standard InChI is InChI=1S/C21H13ClFNO/c22-18-9-5-15(6-10-18)20(13-24)14-1-3-16(4-2-14)21(25)17-7-11-19(23)12-8-17/h1-12,20H/t20-/m1/s1. The van der Waals surface area contributed by atoms with Crippen molar-refractivity contribution in [2.75, 3.05) is 0 Å². The fraction of sp³-hybridized carbons (Fsp3) is 0.0476. The fourth-order valence-corrected chi connectivity index (χ4v) is 2.72. The molecule has 3 aromatic carbocycles. The highest BCUT2D eigenvalue weighted by atomic mass is 35.5. The molecular weight excluding hydrogens is 337 g/mol. The molecule has 0 radical (unpaired) electrons. The topological polar surface area (TPSA) is 40.9 Å². The quantitative estimate of drug-likeness (QED) is 0.594. The van der Waals surface area contributed by atoms with Crippen molar-refractivity contribution in [2.24, 2.45) is 0 Å². The summed E-state index contributed by atoms with van der Waals surface area (Å²) in [7, 11) is 0. The van der Waals surface area contributed by atoms with Crippen molar-refractivity contribution in [1.82, 2.24) is 0 Å². The van der Waals surface area contributed by atoms with Gasteiger partial charge in [-0.2, -0.15) is 5.26 Å². The van der Waals surface area contributed by atoms with Crippen molar-refractivity contribution in [3.8, 4) is 6.07 Å². The maximum Gasteiger partial charge on any atom is 0.193 e. The molecule has 25 heavy (non-hydrogen) atoms. The SMILES string of the molecule is N#C[C@@H](c1ccc(Cl)cc1)c1ccc(C(=O)c2ccc(F)cc2)cc1. The number of benzene rings is 3. The number of halogens is 2. The minimum Gasteiger partial charge on any atom is -0.289 e. The lowest BCUT2D eigenvalue weighted by atomic mass is 9.91. The maximum atomic E-state index is 13.0. The number of carbonyl (C=O) groups is 1. The van der Waals surface area contributed by atoms with E-state index >= 15 is 0 Å². The molecule has 0 heterocycles. The van der Waals surface area contributed by atoms with Crippen LogP contribution in [0.25, 0.3) is 0 Å². The van der Waals surface area contributed by atoms with Gasteiger partial charge in [-0.05, 0) is 47.5 Å². The molecule has 1 atom stereocenters. The first-order valence-corrected chi connectivity index (χ1v) is 8.01. The van der Waals surface area contributed by atoms with E-state index in [1.54, 1.807) is 36.4 Å². The van der Waals surface area contributed by atoms with Gasteiger partial charge in [-0.25, -0.2) is 4.39 Å². The van der Waals surface area contributed by atoms with E-state index in [4.69, 9.17) is 11.6 Å². The summed E-state index contributed by atoms with van der Waals surface area (Å²) in [5, 5.41) is 10.1. The van der Waals surface area contributed by atoms with Gasteiger partial charge in [0.05, 0.1) is 12.0 Å². The summed E-state index contributed by atoms with van der Waals surface area (Å²) in [4.78, 5) is 12.4. The first kappa shape index (κ1) is 16.9. The molecule has 0 bridgehead atoms. The summed E-state index contributed by atoms with van der Waals surface area (Å²) in [5.74, 6) is -1.01. The average Bonchev–Trinajstić information content (AvgIpc) is 2.64. The summed E-state index contributed by atoms with van der Waals surface area (Å²) in [6.07, 6.45) is 0. The number of ketones is 1. The largest absolute Gasteiger partial charge is 0.289 e. The van der Waals surface area contributed by atoms with Crippen LogP contribution >= 0.6 is 11.6 Å². The van der Waals surface area contributed by atoms with Crippen LogP contribution in [0.2, 0.25) is 5.02 Å². The molecular formula is C21H13ClFNO. The van der Waals surface area contributed by atoms with Crippen LogP contribution in [-0.2, 0) is 0 Å². The van der Waals surface area contributed by atoms with Crippen LogP contribution in [0.3, 0.4) is 0 Å². The molecule has 0 amide bonds. The summed E-state index contributed by atoms with van der Waals surface area (Å²) in [6.45, 7) is 0. The molecule has 0 N–H and O–H groups in total. The summed E-state index contributed by atoms with van der Waals surface area (Å²) in [6, 6.07) is 21.7. The van der Waals surface area contributed by atoms with Gasteiger partial charge in [0, 0.05) is 16.1 Å². The van der Waals surface area contributed by atoms with Crippen molar-refractivity contribution in [2.45, 2.75) is 5.92 Å². The van der Waals surface area contributed by atoms with Crippen LogP contribution < -0.4 is 0 Å². The molecule has 2 nitrogen and oxygen atoms in total. The van der Waals surface area contributed by atoms with Gasteiger partial charge in [0.1, 0.15) is 5.82 Å². The molecule has 4 heteroatoms. The maximum absolute atomic E-state index is 13.0. The Labute approximate surface area is 150 Å². The van der Waals surface area contributed by atoms with E-state index in [1.807, 2.05) is 12.1 Å². The van der Waals surface area contributed by atoms with Crippen molar-refractivity contribution in [1.29, 1.82) is 5.26 Å². The Hall–Kier alpha value is -2.96. The molecule has 0 unspecified atom stereocenters. The van der Waals surface area contributed by atoms with Gasteiger partial charge in [0.2, 0.25) is 0 Å². The first-order chi connectivity index (χ1) is 12.1. The first-order valence-electron chi connectivity index (χ1n) is 7.64. The highest BCUT2D eigenvalue weighted by molar-refractivity contribution is 6.30. The monoisotopic (exact) mass is 349 g/mol. The van der Waals surface area contributed by atoms with E-state index in [9.17, 15) is 14.4 Å². The molecule has 122 valence electrons. The lowest BCUT2D eigenvalue weighted by Gasteiger charge is -2.11. The normalized spacial score (nSPS) is 11.6. The van der Waals surface area contributed by atoms with Gasteiger partial charge in [0.25, 0.3) is 0 Å². The minimum absolute atomic E-state index is 0.188. The highest BCUT2D eigenvalue weighted by Crippen LogP contribution is 2.26. The Morgan fingerprint density at radius 2 is 1.28 bits per heavy atom. The third-order valence-corrected chi connectivity index (χ3v) is 4.20. The molecule has 0 saturated carbocycles. The van der Waals surface area contributed by atoms with Crippen LogP contribution in [-0.4, -0.2) is 5.78 Å². The minimum atomic E-state index is -0.438. The molecule has 0 fully saturated rings. The Balaban J connectivity index is 1.86. The van der Waals surface area contributed by atoms with E-state index in [0.29, 0.717) is 16.1 Å². The van der Waals surface area contributed by atoms with Crippen molar-refractivity contribution >= 4 is 17.4 Å². The Kier molecular flexibility index (Phi) is 4.92. The lowest BCUT2D eigenvalue weighted by molar-refractivity contribution is 0.103. The molecule has 0 aliphatic carbocycles. The highest BCUT2D eigenvalue weighted by Gasteiger charge is 2.15. The van der Waals surface area contributed by atoms with E-state index in [-0.39, 0.29) is 11.6 Å². The molecule has 0 aliphatic heterocycles. The predicted molar refractivity (Wildman–Crippen MR) is 95.2 cm³/mol. The number of rotatable bonds is 4. The van der Waals surface area contributed by atoms with Crippen LogP contribution in [0.4, 0.5) is 4.39 Å². The van der Waals surface area contributed by atoms with Gasteiger partial charge >= 0.3 is 0 Å². The second-order valence-electron chi connectivity index (χ2n) is 5.57. The Morgan fingerprint density at radius 3 is 1.76 bits per heavy atom. The second kappa shape index (κ2) is 7.29. The smallest absolute Gasteiger partial charge is 0.193 e. The molecule has 0 aromatic heterocycles. The van der Waals surface area contributed by atoms with E-state index in [2.05, 4.69) is 6.07 Å². The molecule has 3 rings (SSSR count). The summed E-state index contributed by atoms with van der Waals surface area (Å²) < 4.78 is 13.0. The van der Waals surface area contributed by atoms with Gasteiger partial charge in [0.15, 0.2) is 5.78 Å². The Morgan fingerprint density at radius 1 is 0.840 bits per heavy atom. The zero-order valence-corrected chi connectivity index (χ0v) is 13.9. The van der Waals surface area contributed by atoms with Crippen LogP contribution in [0, 0.1) is 17.1 Å². The van der Waals surface area contributed by atoms with Gasteiger partial charge in [-0.15, -0.1) is 0 Å². The zero-order chi connectivity index (χ0) is 17.8. The zero-order valence-electron chi connectivity index (χ0n) is 13.1. The molecule has 0 aliphatic rings. The Bertz CT molecular complexity index is 926. The number of nitrogens with zero attached hydrogens (tertiary/aromatic N) is 1. The van der Waals surface area contributed by atoms with E-state index < -0.39 is 5.92 Å². The average molecular weight is 350 g/mol. The van der Waals surface area contributed by atoms with Gasteiger partial charge in [-0.3, -0.25) is 4.79 Å². The van der Waals surface area contributed by atoms with E-state index in [0.717, 1.165) is 11.1 Å². The summed E-state index contributed by atoms with van der Waals surface area (Å²) in [5.41, 5.74) is 2.54. The van der Waals surface area contributed by atoms with Crippen molar-refractivity contribution in [3.63, 3.8) is 0 Å². The lowest BCUT2D eigenvalue weighted by Crippen LogP contribution is -2.03. The predicted octanol–water partition coefficient (Wildman–Crippen LogP) is 5.37. The van der Waals surface area contributed by atoms with E-state index in [1.165, 1.54) is 24.3 Å². The third-order valence-electron chi connectivity index (χ3n) is 3.95. The molecule has 0 spiro atoms. The van der Waals surface area contributed by atoms with Crippen molar-refractivity contribution < 1.29 is 9.18 Å². The summed E-state index contributed by atoms with van der Waals surface area (Å²) >= 11 is 5.89. The fourth-order valence-electron chi connectivity index (χ4n) is 2.59. The second-order valence-corrected chi connectivity index (χ2v) is 6.01. The van der Waals surface area contributed by atoms with Crippen molar-refractivity contribution in [3.05, 3.63) is 106 Å². The number of hydrogen-bond acceptors (Lipinski definition) is 2.